The predicted molar refractivity (Wildman–Crippen MR) is 602 cm³/mol. The molecule has 27 rings (SSSR count). The highest BCUT2D eigenvalue weighted by atomic mass is 16.6. The number of rotatable bonds is 3. The number of aliphatic hydroxyl groups is 6. The number of carbonyl (C=O) groups excluding carboxylic acids is 1. The summed E-state index contributed by atoms with van der Waals surface area (Å²) in [4.78, 5) is 12.4. The molecular weight excluding hydrogens is 1870 g/mol. The molecule has 9 aliphatic heterocycles. The second-order valence-corrected chi connectivity index (χ2v) is 65.2. The average Bonchev–Trinajstić information content (AvgIpc) is 1.51. The third-order valence-corrected chi connectivity index (χ3v) is 54.1. The molecular formula is C134H224O16. The minimum absolute atomic E-state index is 0. The Labute approximate surface area is 913 Å². The lowest BCUT2D eigenvalue weighted by molar-refractivity contribution is -0.289. The molecule has 0 aromatic carbocycles. The molecule has 18 aliphatic carbocycles. The molecule has 16 saturated carbocycles. The van der Waals surface area contributed by atoms with Crippen molar-refractivity contribution in [1.29, 1.82) is 0 Å². The van der Waals surface area contributed by atoms with Crippen molar-refractivity contribution >= 4 is 5.78 Å². The molecule has 0 aromatic heterocycles. The minimum atomic E-state index is -1.13. The number of fused-ring (bicyclic) bond motifs is 9. The second kappa shape index (κ2) is 37.9. The zero-order valence-electron chi connectivity index (χ0n) is 102. The molecule has 0 amide bonds. The summed E-state index contributed by atoms with van der Waals surface area (Å²) in [6.45, 7) is 75.3. The van der Waals surface area contributed by atoms with Gasteiger partial charge in [0.05, 0.1) is 102 Å². The smallest absolute Gasteiger partial charge is 0.165 e. The predicted octanol–water partition coefficient (Wildman–Crippen LogP) is 30.3. The van der Waals surface area contributed by atoms with E-state index >= 15 is 0 Å². The summed E-state index contributed by atoms with van der Waals surface area (Å²) in [5.74, 6) is 7.96. The van der Waals surface area contributed by atoms with Gasteiger partial charge in [-0.05, 0) is 550 Å². The number of allylic oxidation sites excluding steroid dienone is 2. The molecule has 0 aromatic rings. The summed E-state index contributed by atoms with van der Waals surface area (Å²) in [7, 11) is 0. The van der Waals surface area contributed by atoms with Gasteiger partial charge in [-0.2, -0.15) is 0 Å². The monoisotopic (exact) mass is 2090 g/mol. The van der Waals surface area contributed by atoms with Crippen LogP contribution in [0, 0.1) is 120 Å². The maximum atomic E-state index is 12.4. The van der Waals surface area contributed by atoms with E-state index in [0.29, 0.717) is 99.8 Å². The van der Waals surface area contributed by atoms with E-state index in [9.17, 15) is 35.4 Å². The van der Waals surface area contributed by atoms with E-state index in [1.54, 1.807) is 6.92 Å². The van der Waals surface area contributed by atoms with Crippen molar-refractivity contribution in [2.75, 3.05) is 19.8 Å². The van der Waals surface area contributed by atoms with Gasteiger partial charge in [-0.25, -0.2) is 0 Å². The van der Waals surface area contributed by atoms with E-state index in [2.05, 4.69) is 220 Å². The van der Waals surface area contributed by atoms with E-state index in [4.69, 9.17) is 42.6 Å². The molecule has 25 fully saturated rings. The Morgan fingerprint density at radius 1 is 0.293 bits per heavy atom. The van der Waals surface area contributed by atoms with Crippen molar-refractivity contribution in [2.24, 2.45) is 120 Å². The number of carbonyl (C=O) groups is 1. The average molecular weight is 2090 g/mol. The molecule has 0 unspecified atom stereocenters. The van der Waals surface area contributed by atoms with Crippen molar-refractivity contribution in [2.45, 2.75) is 660 Å². The zero-order chi connectivity index (χ0) is 109. The molecule has 9 saturated heterocycles. The Hall–Kier alpha value is -1.71. The first-order valence-corrected chi connectivity index (χ1v) is 63.1. The van der Waals surface area contributed by atoms with Crippen LogP contribution < -0.4 is 0 Å². The van der Waals surface area contributed by atoms with Crippen LogP contribution in [-0.2, 0) is 47.4 Å². The summed E-state index contributed by atoms with van der Waals surface area (Å²) >= 11 is 0. The van der Waals surface area contributed by atoms with E-state index < -0.39 is 28.5 Å². The first kappa shape index (κ1) is 116. The van der Waals surface area contributed by atoms with Crippen molar-refractivity contribution in [3.05, 3.63) is 35.5 Å². The van der Waals surface area contributed by atoms with Crippen molar-refractivity contribution in [3.63, 3.8) is 0 Å². The van der Waals surface area contributed by atoms with E-state index in [1.807, 2.05) is 6.92 Å². The summed E-state index contributed by atoms with van der Waals surface area (Å²) in [6.07, 6.45) is 65.4. The molecule has 33 atom stereocenters. The topological polar surface area (TPSA) is 222 Å². The molecule has 9 heterocycles. The van der Waals surface area contributed by atoms with Crippen LogP contribution in [0.15, 0.2) is 35.5 Å². The first-order chi connectivity index (χ1) is 69.3. The van der Waals surface area contributed by atoms with E-state index in [0.717, 1.165) is 113 Å². The SMILES string of the molecule is C=C1CCC[C@@]2(C)CC[C@@H]3C[C@]12OC3(C)C.CC1(C)O[C@]23C[C@H]1CC[C@]2(C)CCC=C3CO.CC1(C)O[C@]23C[C@H]1CC[C@]2(C)CCCC3=O.CC1(C)O[C@]23C[C@H]1CC[C@]2(C)CCC[C@@H]3CO.CC1(C)O[C@]23C[C@H]1CC[C@]2(C)CCC[C@@]3(C)O.CC1(C)O[C@]23C[C@H]1CC[C@]2(C)CCC[C@H]3CO.CC1(C)O[C@]23C[C@H]1CC[C@]2(C)CC[C@H](O)[C@@]3(C)O.CC1=CCC[C@@]2(C)CC[C@@H]3C[C@]12OC3(C)C.C[C@@H]1CCC[C@@]2(C)CC[C@@H]3C[C@]12OC3(C)C. The molecule has 16 nitrogen and oxygen atoms in total. The zero-order valence-corrected chi connectivity index (χ0v) is 102. The number of ketones is 1. The van der Waals surface area contributed by atoms with Crippen LogP contribution in [-0.4, -0.2) is 174 Å². The highest BCUT2D eigenvalue weighted by molar-refractivity contribution is 5.90. The van der Waals surface area contributed by atoms with Crippen LogP contribution in [0.4, 0.5) is 0 Å². The Morgan fingerprint density at radius 3 is 1.07 bits per heavy atom. The van der Waals surface area contributed by atoms with Crippen LogP contribution in [0.1, 0.15) is 542 Å². The Bertz CT molecular complexity index is 4880. The molecule has 150 heavy (non-hydrogen) atoms. The number of aliphatic hydroxyl groups excluding tert-OH is 4. The molecule has 27 aliphatic rings. The fourth-order valence-electron chi connectivity index (χ4n) is 42.9. The number of hydrogen-bond acceptors (Lipinski definition) is 16. The van der Waals surface area contributed by atoms with E-state index in [1.165, 1.54) is 249 Å². The fourth-order valence-corrected chi connectivity index (χ4v) is 42.9. The van der Waals surface area contributed by atoms with Gasteiger partial charge < -0.3 is 73.3 Å². The summed E-state index contributed by atoms with van der Waals surface area (Å²) in [6, 6.07) is 0. The van der Waals surface area contributed by atoms with Gasteiger partial charge in [0.1, 0.15) is 22.4 Å². The number of ether oxygens (including phenoxy) is 9. The molecule has 9 spiro atoms. The molecule has 0 radical (unpaired) electrons. The van der Waals surface area contributed by atoms with Crippen LogP contribution in [0.3, 0.4) is 0 Å². The van der Waals surface area contributed by atoms with Crippen LogP contribution in [0.5, 0.6) is 0 Å². The summed E-state index contributed by atoms with van der Waals surface area (Å²) < 4.78 is 58.9. The molecule has 6 N–H and O–H groups in total. The molecule has 18 bridgehead atoms. The molecule has 16 heteroatoms. The van der Waals surface area contributed by atoms with Crippen LogP contribution in [0.25, 0.3) is 0 Å². The third kappa shape index (κ3) is 17.4. The number of Topliss-reactive ketones (excluding diaryl/α,β-unsaturated/α-hetero) is 1. The quantitative estimate of drug-likeness (QED) is 0.145. The number of hydrogen-bond donors (Lipinski definition) is 6. The van der Waals surface area contributed by atoms with Gasteiger partial charge in [-0.1, -0.05) is 107 Å². The van der Waals surface area contributed by atoms with E-state index in [-0.39, 0.29) is 118 Å². The Balaban J connectivity index is 0.000000106. The highest BCUT2D eigenvalue weighted by Crippen LogP contribution is 2.76. The minimum Gasteiger partial charge on any atom is -0.396 e. The van der Waals surface area contributed by atoms with Gasteiger partial charge in [0.25, 0.3) is 0 Å². The first-order valence-electron chi connectivity index (χ1n) is 63.1. The Kier molecular flexibility index (Phi) is 29.4. The summed E-state index contributed by atoms with van der Waals surface area (Å²) in [5, 5.41) is 61.3. The summed E-state index contributed by atoms with van der Waals surface area (Å²) in [5.41, 5.74) is 3.47. The van der Waals surface area contributed by atoms with Gasteiger partial charge in [0.2, 0.25) is 0 Å². The molecule has 856 valence electrons. The standard InChI is InChI=1S/C15H26O3.3C15H26O2.C15H24O2.C15H26O.2C15H24O.C14H22O2/c1-12(2)10-5-7-13(3)8-6-11(16)14(4,17)15(13,9-10)18-12;1-12(2)11-6-9-13(3)7-5-8-14(4,16)15(13,10-11)17-12;3*1-13(2)11-6-8-14(3)7-4-5-12(10-16)15(14,9-11)17-13;3*1-11-6-5-8-14(4)9-7-12-10-15(11,14)16-13(12,2)3;1-12(2)10-6-8-13(3)7-4-5-11(15)14(13,9-10)16-12/h10-11,16-17H,5-9H2,1-4H3;11,16H,5-10H2,1-4H3;2*11-12,16H,4-10H2,1-3H3;5,11,16H,4,6-10H2,1-3H3;11-12H,5-10H2,1-4H3;6,12H,5,7-10H2,1-4H3;12H,1,5-10H2,2-4H3;10H,4-9H2,1-3H3/t10-,11+,13-,14-,15-;11-,13+,14-,15-;11-,12+,14+,15+;11-,12-,14+,15+;11-,14+,15+;11-,12-,14+,15+;2*12-,14+,15+;10-,13+,14+/m111111111/s1. The maximum absolute atomic E-state index is 12.4. The van der Waals surface area contributed by atoms with Gasteiger partial charge in [-0.3, -0.25) is 4.79 Å². The van der Waals surface area contributed by atoms with Crippen LogP contribution in [0.2, 0.25) is 0 Å². The van der Waals surface area contributed by atoms with Crippen molar-refractivity contribution in [3.8, 4) is 0 Å². The van der Waals surface area contributed by atoms with Gasteiger partial charge in [-0.15, -0.1) is 0 Å². The lowest BCUT2D eigenvalue weighted by Gasteiger charge is -2.60. The third-order valence-electron chi connectivity index (χ3n) is 54.1. The lowest BCUT2D eigenvalue weighted by Crippen LogP contribution is -2.70. The van der Waals surface area contributed by atoms with Gasteiger partial charge in [0.15, 0.2) is 5.78 Å². The largest absolute Gasteiger partial charge is 0.396 e. The Morgan fingerprint density at radius 2 is 0.600 bits per heavy atom. The fraction of sp³-hybridized carbons (Fsp3) is 0.948. The second-order valence-electron chi connectivity index (χ2n) is 65.2. The van der Waals surface area contributed by atoms with Gasteiger partial charge in [0, 0.05) is 53.1 Å². The lowest BCUT2D eigenvalue weighted by atomic mass is 9.50. The van der Waals surface area contributed by atoms with Crippen molar-refractivity contribution in [1.82, 2.24) is 0 Å². The highest BCUT2D eigenvalue weighted by Gasteiger charge is 2.78. The van der Waals surface area contributed by atoms with Gasteiger partial charge >= 0.3 is 0 Å². The normalized spacial score (nSPS) is 52.5. The van der Waals surface area contributed by atoms with Crippen molar-refractivity contribution < 1.29 is 78.1 Å². The maximum Gasteiger partial charge on any atom is 0.165 e. The van der Waals surface area contributed by atoms with Crippen LogP contribution >= 0.6 is 0 Å².